The molecule has 1 fully saturated rings. The van der Waals surface area contributed by atoms with Crippen molar-refractivity contribution in [1.82, 2.24) is 9.47 Å². The van der Waals surface area contributed by atoms with E-state index in [4.69, 9.17) is 16.9 Å². The number of halogens is 1. The van der Waals surface area contributed by atoms with Crippen LogP contribution in [0, 0.1) is 5.41 Å². The van der Waals surface area contributed by atoms with Gasteiger partial charge in [-0.2, -0.15) is 0 Å². The number of anilines is 1. The molecule has 3 aromatic rings. The summed E-state index contributed by atoms with van der Waals surface area (Å²) < 4.78 is 15.5. The molecule has 4 rings (SSSR count). The summed E-state index contributed by atoms with van der Waals surface area (Å²) in [6, 6.07) is 14.7. The Morgan fingerprint density at radius 3 is 2.44 bits per heavy atom. The number of amidine groups is 1. The van der Waals surface area contributed by atoms with E-state index in [-0.39, 0.29) is 30.6 Å². The first-order chi connectivity index (χ1) is 16.4. The number of aromatic nitrogens is 1. The van der Waals surface area contributed by atoms with Crippen LogP contribution in [-0.4, -0.2) is 52.9 Å². The molecule has 1 aliphatic rings. The number of piperidine rings is 1. The van der Waals surface area contributed by atoms with E-state index in [9.17, 15) is 14.0 Å². The van der Waals surface area contributed by atoms with Crippen molar-refractivity contribution < 1.29 is 14.0 Å². The van der Waals surface area contributed by atoms with Crippen LogP contribution in [0.1, 0.15) is 40.9 Å². The van der Waals surface area contributed by atoms with Crippen molar-refractivity contribution in [3.05, 3.63) is 65.4 Å². The Balaban J connectivity index is 1.67. The van der Waals surface area contributed by atoms with Crippen molar-refractivity contribution in [2.75, 3.05) is 25.0 Å². The number of fused-ring (bicyclic) bond motifs is 1. The molecule has 0 radical (unpaired) electrons. The van der Waals surface area contributed by atoms with Crippen LogP contribution in [0.4, 0.5) is 10.1 Å². The second kappa shape index (κ2) is 10.0. The van der Waals surface area contributed by atoms with Crippen LogP contribution < -0.4 is 16.8 Å². The third kappa shape index (κ3) is 5.09. The topological polar surface area (TPSA) is 130 Å². The standard InChI is InChI=1S/C25H29FN6O2/c26-19-8-11-31(12-9-19)25(34)22-13-17-3-4-18(24(28)29)14-21(17)32(22)15-16-1-5-20(6-2-16)30-23(33)7-10-27/h1-6,13-14,19H,7-12,15,27H2,(H3,28,29)(H,30,33). The quantitative estimate of drug-likeness (QED) is 0.316. The van der Waals surface area contributed by atoms with E-state index in [1.54, 1.807) is 11.0 Å². The van der Waals surface area contributed by atoms with Gasteiger partial charge in [0.25, 0.3) is 5.91 Å². The Hall–Kier alpha value is -3.72. The monoisotopic (exact) mass is 464 g/mol. The van der Waals surface area contributed by atoms with Gasteiger partial charge in [-0.25, -0.2) is 4.39 Å². The lowest BCUT2D eigenvalue weighted by Crippen LogP contribution is -2.39. The molecule has 8 nitrogen and oxygen atoms in total. The molecular formula is C25H29FN6O2. The highest BCUT2D eigenvalue weighted by Gasteiger charge is 2.26. The van der Waals surface area contributed by atoms with Gasteiger partial charge in [0.15, 0.2) is 0 Å². The largest absolute Gasteiger partial charge is 0.384 e. The number of nitrogens with one attached hydrogen (secondary N) is 2. The van der Waals surface area contributed by atoms with Crippen LogP contribution in [0.3, 0.4) is 0 Å². The number of nitrogens with zero attached hydrogens (tertiary/aromatic N) is 2. The minimum Gasteiger partial charge on any atom is -0.384 e. The van der Waals surface area contributed by atoms with E-state index in [1.807, 2.05) is 47.0 Å². The number of carbonyl (C=O) groups excluding carboxylic acids is 2. The summed E-state index contributed by atoms with van der Waals surface area (Å²) in [5.41, 5.74) is 14.6. The maximum atomic E-state index is 13.6. The number of amides is 2. The number of benzene rings is 2. The molecule has 0 saturated carbocycles. The minimum absolute atomic E-state index is 0.0508. The van der Waals surface area contributed by atoms with Gasteiger partial charge in [0.05, 0.1) is 0 Å². The molecule has 2 aromatic carbocycles. The average molecular weight is 465 g/mol. The number of hydrogen-bond acceptors (Lipinski definition) is 4. The van der Waals surface area contributed by atoms with Gasteiger partial charge in [-0.15, -0.1) is 0 Å². The van der Waals surface area contributed by atoms with Gasteiger partial charge in [0.2, 0.25) is 5.91 Å². The van der Waals surface area contributed by atoms with Gasteiger partial charge in [0.1, 0.15) is 17.7 Å². The van der Waals surface area contributed by atoms with Gasteiger partial charge in [-0.05, 0) is 42.7 Å². The molecular weight excluding hydrogens is 435 g/mol. The maximum Gasteiger partial charge on any atom is 0.270 e. The SMILES string of the molecule is N=C(N)c1ccc2cc(C(=O)N3CCC(F)CC3)n(Cc3ccc(NC(=O)CCN)cc3)c2c1. The number of rotatable bonds is 7. The van der Waals surface area contributed by atoms with E-state index >= 15 is 0 Å². The normalized spacial score (nSPS) is 14.4. The molecule has 1 aromatic heterocycles. The summed E-state index contributed by atoms with van der Waals surface area (Å²) in [4.78, 5) is 26.9. The molecule has 2 heterocycles. The van der Waals surface area contributed by atoms with Crippen molar-refractivity contribution in [2.45, 2.75) is 32.0 Å². The minimum atomic E-state index is -0.864. The fraction of sp³-hybridized carbons (Fsp3) is 0.320. The molecule has 0 aliphatic carbocycles. The lowest BCUT2D eigenvalue weighted by molar-refractivity contribution is -0.116. The molecule has 0 spiro atoms. The number of nitrogens with two attached hydrogens (primary N) is 2. The van der Waals surface area contributed by atoms with Crippen LogP contribution in [0.25, 0.3) is 10.9 Å². The highest BCUT2D eigenvalue weighted by atomic mass is 19.1. The van der Waals surface area contributed by atoms with Gasteiger partial charge in [-0.1, -0.05) is 24.3 Å². The summed E-state index contributed by atoms with van der Waals surface area (Å²) in [5.74, 6) is -0.336. The smallest absolute Gasteiger partial charge is 0.270 e. The molecule has 9 heteroatoms. The molecule has 1 aliphatic heterocycles. The van der Waals surface area contributed by atoms with Crippen molar-refractivity contribution >= 4 is 34.2 Å². The Labute approximate surface area is 197 Å². The average Bonchev–Trinajstić information content (AvgIpc) is 3.18. The van der Waals surface area contributed by atoms with Gasteiger partial charge in [0, 0.05) is 54.8 Å². The zero-order valence-electron chi connectivity index (χ0n) is 18.9. The predicted octanol–water partition coefficient (Wildman–Crippen LogP) is 2.84. The Morgan fingerprint density at radius 2 is 1.79 bits per heavy atom. The summed E-state index contributed by atoms with van der Waals surface area (Å²) in [6.07, 6.45) is 0.0768. The first-order valence-electron chi connectivity index (χ1n) is 11.4. The van der Waals surface area contributed by atoms with Gasteiger partial charge in [-0.3, -0.25) is 15.0 Å². The van der Waals surface area contributed by atoms with Crippen molar-refractivity contribution in [2.24, 2.45) is 11.5 Å². The fourth-order valence-corrected chi connectivity index (χ4v) is 4.21. The van der Waals surface area contributed by atoms with E-state index in [2.05, 4.69) is 5.32 Å². The maximum absolute atomic E-state index is 13.6. The van der Waals surface area contributed by atoms with E-state index < -0.39 is 6.17 Å². The zero-order valence-corrected chi connectivity index (χ0v) is 18.9. The first kappa shape index (κ1) is 23.4. The highest BCUT2D eigenvalue weighted by molar-refractivity contribution is 6.02. The lowest BCUT2D eigenvalue weighted by atomic mass is 10.1. The summed E-state index contributed by atoms with van der Waals surface area (Å²) in [7, 11) is 0. The highest BCUT2D eigenvalue weighted by Crippen LogP contribution is 2.26. The van der Waals surface area contributed by atoms with Crippen LogP contribution in [0.2, 0.25) is 0 Å². The molecule has 6 N–H and O–H groups in total. The van der Waals surface area contributed by atoms with Gasteiger partial charge >= 0.3 is 0 Å². The number of carbonyl (C=O) groups is 2. The number of likely N-dealkylation sites (tertiary alicyclic amines) is 1. The van der Waals surface area contributed by atoms with E-state index in [0.29, 0.717) is 49.4 Å². The van der Waals surface area contributed by atoms with Crippen LogP contribution in [0.15, 0.2) is 48.5 Å². The fourth-order valence-electron chi connectivity index (χ4n) is 4.21. The van der Waals surface area contributed by atoms with E-state index in [0.717, 1.165) is 16.5 Å². The number of hydrogen-bond donors (Lipinski definition) is 4. The molecule has 0 bridgehead atoms. The number of alkyl halides is 1. The first-order valence-corrected chi connectivity index (χ1v) is 11.4. The van der Waals surface area contributed by atoms with Gasteiger partial charge < -0.3 is 26.3 Å². The summed E-state index contributed by atoms with van der Waals surface area (Å²) in [5, 5.41) is 11.5. The van der Waals surface area contributed by atoms with Crippen LogP contribution >= 0.6 is 0 Å². The third-order valence-electron chi connectivity index (χ3n) is 6.10. The molecule has 1 saturated heterocycles. The van der Waals surface area contributed by atoms with Crippen LogP contribution in [0.5, 0.6) is 0 Å². The molecule has 0 atom stereocenters. The second-order valence-electron chi connectivity index (χ2n) is 8.55. The Bertz CT molecular complexity index is 1210. The van der Waals surface area contributed by atoms with E-state index in [1.165, 1.54) is 0 Å². The second-order valence-corrected chi connectivity index (χ2v) is 8.55. The van der Waals surface area contributed by atoms with Crippen molar-refractivity contribution in [1.29, 1.82) is 5.41 Å². The number of nitrogen functional groups attached to an aromatic ring is 1. The molecule has 34 heavy (non-hydrogen) atoms. The zero-order chi connectivity index (χ0) is 24.2. The predicted molar refractivity (Wildman–Crippen MR) is 131 cm³/mol. The summed E-state index contributed by atoms with van der Waals surface area (Å²) >= 11 is 0. The Morgan fingerprint density at radius 1 is 1.09 bits per heavy atom. The third-order valence-corrected chi connectivity index (χ3v) is 6.10. The van der Waals surface area contributed by atoms with Crippen molar-refractivity contribution in [3.63, 3.8) is 0 Å². The molecule has 2 amide bonds. The lowest BCUT2D eigenvalue weighted by Gasteiger charge is -2.29. The van der Waals surface area contributed by atoms with Crippen LogP contribution in [-0.2, 0) is 11.3 Å². The summed E-state index contributed by atoms with van der Waals surface area (Å²) in [6.45, 7) is 1.46. The van der Waals surface area contributed by atoms with Crippen molar-refractivity contribution in [3.8, 4) is 0 Å². The molecule has 178 valence electrons. The molecule has 0 unspecified atom stereocenters. The Kier molecular flexibility index (Phi) is 6.93.